The molecule has 0 N–H and O–H groups in total. The van der Waals surface area contributed by atoms with Crippen molar-refractivity contribution < 1.29 is 0 Å². The molecule has 0 radical (unpaired) electrons. The van der Waals surface area contributed by atoms with Gasteiger partial charge in [-0.2, -0.15) is 0 Å². The summed E-state index contributed by atoms with van der Waals surface area (Å²) in [5, 5.41) is 6.58. The molecule has 68 heavy (non-hydrogen) atoms. The van der Waals surface area contributed by atoms with E-state index in [9.17, 15) is 0 Å². The van der Waals surface area contributed by atoms with Crippen LogP contribution in [0.2, 0.25) is 0 Å². The van der Waals surface area contributed by atoms with Crippen molar-refractivity contribution in [3.8, 4) is 55.6 Å². The summed E-state index contributed by atoms with van der Waals surface area (Å²) in [5.74, 6) is 0.586. The molecule has 2 aromatic heterocycles. The van der Waals surface area contributed by atoms with Crippen LogP contribution in [0, 0.1) is 5.92 Å². The summed E-state index contributed by atoms with van der Waals surface area (Å²) in [4.78, 5) is 3.79. The summed E-state index contributed by atoms with van der Waals surface area (Å²) < 4.78 is 4.01. The minimum absolute atomic E-state index is 0.586. The monoisotopic (exact) mass is 903 g/mol. The highest BCUT2D eigenvalue weighted by Crippen LogP contribution is 2.42. The maximum Gasteiger partial charge on any atom is 0.0462 e. The molecule has 322 valence electrons. The summed E-state index contributed by atoms with van der Waals surface area (Å²) in [7, 11) is 0. The Morgan fingerprint density at radius 3 is 1.46 bits per heavy atom. The molecule has 3 heteroatoms. The van der Waals surface area contributed by atoms with Gasteiger partial charge in [-0.1, -0.05) is 171 Å². The first-order valence-electron chi connectivity index (χ1n) is 23.5. The summed E-state index contributed by atoms with van der Waals surface area (Å²) in [6.45, 7) is 2.31. The van der Waals surface area contributed by atoms with Crippen molar-refractivity contribution in [2.24, 2.45) is 5.92 Å². The van der Waals surface area contributed by atoms with E-state index < -0.39 is 0 Å². The van der Waals surface area contributed by atoms with E-state index in [1.54, 1.807) is 0 Å². The third-order valence-corrected chi connectivity index (χ3v) is 16.1. The Labute approximate surface area is 405 Å². The number of thiophene rings is 2. The van der Waals surface area contributed by atoms with Gasteiger partial charge in [0.25, 0.3) is 0 Å². The van der Waals surface area contributed by atoms with E-state index in [2.05, 4.69) is 248 Å². The van der Waals surface area contributed by atoms with Crippen molar-refractivity contribution in [2.45, 2.75) is 13.3 Å². The Kier molecular flexibility index (Phi) is 10.00. The molecule has 0 saturated heterocycles. The van der Waals surface area contributed by atoms with Gasteiger partial charge in [-0.3, -0.25) is 0 Å². The number of hydrogen-bond donors (Lipinski definition) is 0. The first-order valence-corrected chi connectivity index (χ1v) is 25.1. The van der Waals surface area contributed by atoms with Gasteiger partial charge in [0.1, 0.15) is 0 Å². The van der Waals surface area contributed by atoms with Crippen LogP contribution in [0.4, 0.5) is 17.1 Å². The van der Waals surface area contributed by atoms with Gasteiger partial charge in [0.2, 0.25) is 0 Å². The minimum Gasteiger partial charge on any atom is -0.311 e. The average molecular weight is 904 g/mol. The van der Waals surface area contributed by atoms with E-state index in [-0.39, 0.29) is 0 Å². The molecule has 0 fully saturated rings. The van der Waals surface area contributed by atoms with Gasteiger partial charge < -0.3 is 4.90 Å². The summed E-state index contributed by atoms with van der Waals surface area (Å²) in [6, 6.07) is 83.0. The van der Waals surface area contributed by atoms with Gasteiger partial charge in [-0.15, -0.1) is 22.7 Å². The molecule has 1 aliphatic rings. The molecular weight excluding hydrogens is 859 g/mol. The van der Waals surface area contributed by atoms with E-state index in [1.165, 1.54) is 107 Å². The van der Waals surface area contributed by atoms with Crippen LogP contribution in [0.3, 0.4) is 0 Å². The van der Waals surface area contributed by atoms with Crippen LogP contribution >= 0.6 is 22.7 Å². The standard InChI is InChI=1S/C65H45NS2/c1-42-13-36-63-61(37-42)60-35-27-54(41-65(60)68-63)48-24-32-57(33-25-48)66(56-30-22-47(23-31-56)53-26-34-59-58-11-4-5-12-62(58)67-64(59)40-53)55-28-20-45(21-29-55)44-14-16-46(17-15-44)50-9-6-10-51(38-50)52-19-18-43-7-2-3-8-49(43)39-52/h2-36,38-42H,37H2,1H3. The lowest BCUT2D eigenvalue weighted by Crippen LogP contribution is -2.09. The van der Waals surface area contributed by atoms with Crippen LogP contribution in [0.15, 0.2) is 231 Å². The van der Waals surface area contributed by atoms with Crippen molar-refractivity contribution in [3.63, 3.8) is 0 Å². The summed E-state index contributed by atoms with van der Waals surface area (Å²) >= 11 is 3.79. The highest BCUT2D eigenvalue weighted by atomic mass is 32.1. The number of fused-ring (bicyclic) bond motifs is 7. The molecule has 0 spiro atoms. The zero-order valence-corrected chi connectivity index (χ0v) is 39.2. The molecule has 12 aromatic rings. The highest BCUT2D eigenvalue weighted by molar-refractivity contribution is 7.25. The maximum atomic E-state index is 2.38. The lowest BCUT2D eigenvalue weighted by atomic mass is 9.93. The first kappa shape index (κ1) is 40.5. The van der Waals surface area contributed by atoms with Crippen molar-refractivity contribution >= 4 is 86.8 Å². The number of hydrogen-bond acceptors (Lipinski definition) is 3. The molecule has 10 aromatic carbocycles. The van der Waals surface area contributed by atoms with Crippen molar-refractivity contribution in [1.82, 2.24) is 0 Å². The van der Waals surface area contributed by atoms with Crippen LogP contribution in [0.1, 0.15) is 17.4 Å². The fourth-order valence-corrected chi connectivity index (χ4v) is 12.5. The molecule has 1 atom stereocenters. The molecule has 1 nitrogen and oxygen atoms in total. The van der Waals surface area contributed by atoms with Gasteiger partial charge in [0, 0.05) is 46.8 Å². The van der Waals surface area contributed by atoms with Gasteiger partial charge in [0.05, 0.1) is 0 Å². The molecule has 0 amide bonds. The number of nitrogens with zero attached hydrogens (tertiary/aromatic N) is 1. The molecule has 13 rings (SSSR count). The smallest absolute Gasteiger partial charge is 0.0462 e. The van der Waals surface area contributed by atoms with E-state index >= 15 is 0 Å². The maximum absolute atomic E-state index is 2.38. The van der Waals surface area contributed by atoms with E-state index in [4.69, 9.17) is 0 Å². The Morgan fingerprint density at radius 1 is 0.353 bits per heavy atom. The van der Waals surface area contributed by atoms with E-state index in [0.29, 0.717) is 5.92 Å². The second kappa shape index (κ2) is 16.8. The normalized spacial score (nSPS) is 13.4. The first-order chi connectivity index (χ1) is 33.5. The second-order valence-electron chi connectivity index (χ2n) is 18.2. The Balaban J connectivity index is 0.809. The minimum atomic E-state index is 0.586. The third-order valence-electron chi connectivity index (χ3n) is 13.8. The lowest BCUT2D eigenvalue weighted by molar-refractivity contribution is 0.724. The van der Waals surface area contributed by atoms with Crippen molar-refractivity contribution in [2.75, 3.05) is 4.90 Å². The van der Waals surface area contributed by atoms with E-state index in [0.717, 1.165) is 23.5 Å². The zero-order valence-electron chi connectivity index (χ0n) is 37.6. The molecule has 1 aliphatic carbocycles. The Morgan fingerprint density at radius 2 is 0.809 bits per heavy atom. The molecular formula is C65H45NS2. The van der Waals surface area contributed by atoms with E-state index in [1.807, 2.05) is 22.7 Å². The Hall–Kier alpha value is -7.82. The summed E-state index contributed by atoms with van der Waals surface area (Å²) in [5.41, 5.74) is 17.0. The fraction of sp³-hybridized carbons (Fsp3) is 0.0462. The Bertz CT molecular complexity index is 3870. The molecule has 0 saturated carbocycles. The lowest BCUT2D eigenvalue weighted by Gasteiger charge is -2.26. The van der Waals surface area contributed by atoms with Crippen LogP contribution in [0.25, 0.3) is 103 Å². The largest absolute Gasteiger partial charge is 0.311 e. The van der Waals surface area contributed by atoms with Gasteiger partial charge in [-0.25, -0.2) is 0 Å². The van der Waals surface area contributed by atoms with Gasteiger partial charge >= 0.3 is 0 Å². The zero-order chi connectivity index (χ0) is 45.1. The topological polar surface area (TPSA) is 3.24 Å². The molecule has 0 aliphatic heterocycles. The quantitative estimate of drug-likeness (QED) is 0.147. The van der Waals surface area contributed by atoms with Crippen LogP contribution in [0.5, 0.6) is 0 Å². The SMILES string of the molecule is CC1C=Cc2sc3cc(-c4ccc(N(c5ccc(-c6ccc(-c7cccc(-c8ccc9ccccc9c8)c7)cc6)cc5)c5ccc(-c6ccc7c(c6)sc6ccccc67)cc5)cc4)ccc3c2C1. The number of allylic oxidation sites excluding steroid dienone is 1. The molecule has 1 unspecified atom stereocenters. The highest BCUT2D eigenvalue weighted by Gasteiger charge is 2.18. The van der Waals surface area contributed by atoms with Crippen molar-refractivity contribution in [3.05, 3.63) is 241 Å². The second-order valence-corrected chi connectivity index (χ2v) is 20.4. The predicted octanol–water partition coefficient (Wildman–Crippen LogP) is 19.4. The summed E-state index contributed by atoms with van der Waals surface area (Å²) in [6.07, 6.45) is 5.79. The third kappa shape index (κ3) is 7.41. The van der Waals surface area contributed by atoms with Crippen LogP contribution < -0.4 is 4.90 Å². The number of anilines is 3. The van der Waals surface area contributed by atoms with Gasteiger partial charge in [-0.05, 0) is 163 Å². The van der Waals surface area contributed by atoms with Crippen LogP contribution in [-0.4, -0.2) is 0 Å². The fourth-order valence-electron chi connectivity index (χ4n) is 10.2. The van der Waals surface area contributed by atoms with Crippen LogP contribution in [-0.2, 0) is 6.42 Å². The van der Waals surface area contributed by atoms with Gasteiger partial charge in [0.15, 0.2) is 0 Å². The number of rotatable bonds is 8. The molecule has 2 heterocycles. The predicted molar refractivity (Wildman–Crippen MR) is 296 cm³/mol. The average Bonchev–Trinajstić information content (AvgIpc) is 3.96. The molecule has 0 bridgehead atoms. The van der Waals surface area contributed by atoms with Crippen molar-refractivity contribution in [1.29, 1.82) is 0 Å². The number of benzene rings is 10.